The molecule has 0 spiro atoms. The van der Waals surface area contributed by atoms with Gasteiger partial charge in [0.05, 0.1) is 28.3 Å². The SMILES string of the molecule is O=C(Cn1c(=O)cnc2ccccc21)Nc1ccc2nc(Cc3ccccc3F)[nH]c2c1. The number of rotatable bonds is 5. The first-order valence-electron chi connectivity index (χ1n) is 10.0. The molecule has 0 saturated carbocycles. The van der Waals surface area contributed by atoms with Gasteiger partial charge in [-0.1, -0.05) is 30.3 Å². The Morgan fingerprint density at radius 2 is 1.84 bits per heavy atom. The van der Waals surface area contributed by atoms with Crippen molar-refractivity contribution in [2.75, 3.05) is 5.32 Å². The number of halogens is 1. The molecule has 3 aromatic carbocycles. The molecule has 0 bridgehead atoms. The first-order chi connectivity index (χ1) is 15.6. The maximum absolute atomic E-state index is 13.9. The van der Waals surface area contributed by atoms with Gasteiger partial charge in [0, 0.05) is 12.1 Å². The molecule has 1 amide bonds. The van der Waals surface area contributed by atoms with E-state index in [2.05, 4.69) is 20.3 Å². The van der Waals surface area contributed by atoms with Crippen LogP contribution in [-0.4, -0.2) is 25.4 Å². The topological polar surface area (TPSA) is 92.7 Å². The van der Waals surface area contributed by atoms with Gasteiger partial charge in [-0.2, -0.15) is 0 Å². The average molecular weight is 427 g/mol. The van der Waals surface area contributed by atoms with E-state index in [9.17, 15) is 14.0 Å². The molecule has 0 aliphatic rings. The minimum atomic E-state index is -0.347. The fourth-order valence-corrected chi connectivity index (χ4v) is 3.67. The van der Waals surface area contributed by atoms with E-state index in [1.54, 1.807) is 54.6 Å². The van der Waals surface area contributed by atoms with Crippen LogP contribution in [-0.2, 0) is 17.8 Å². The number of aromatic nitrogens is 4. The molecule has 32 heavy (non-hydrogen) atoms. The number of anilines is 1. The zero-order valence-corrected chi connectivity index (χ0v) is 16.9. The van der Waals surface area contributed by atoms with E-state index in [1.807, 2.05) is 6.07 Å². The second kappa shape index (κ2) is 8.07. The van der Waals surface area contributed by atoms with Gasteiger partial charge < -0.3 is 10.3 Å². The fraction of sp³-hybridized carbons (Fsp3) is 0.0833. The predicted octanol–water partition coefficient (Wildman–Crippen LogP) is 3.64. The van der Waals surface area contributed by atoms with Crippen molar-refractivity contribution in [3.05, 3.63) is 100 Å². The monoisotopic (exact) mass is 427 g/mol. The molecule has 0 aliphatic heterocycles. The highest BCUT2D eigenvalue weighted by atomic mass is 19.1. The number of amides is 1. The Morgan fingerprint density at radius 1 is 1.03 bits per heavy atom. The number of benzene rings is 3. The molecule has 0 aliphatic carbocycles. The molecule has 7 nitrogen and oxygen atoms in total. The molecule has 0 saturated heterocycles. The van der Waals surface area contributed by atoms with Crippen LogP contribution >= 0.6 is 0 Å². The van der Waals surface area contributed by atoms with Gasteiger partial charge in [0.1, 0.15) is 18.2 Å². The number of aromatic amines is 1. The summed E-state index contributed by atoms with van der Waals surface area (Å²) in [6.07, 6.45) is 1.55. The van der Waals surface area contributed by atoms with Crippen LogP contribution in [0.2, 0.25) is 0 Å². The van der Waals surface area contributed by atoms with E-state index in [-0.39, 0.29) is 23.8 Å². The van der Waals surface area contributed by atoms with Gasteiger partial charge in [-0.3, -0.25) is 14.2 Å². The Labute approximate surface area is 181 Å². The zero-order chi connectivity index (χ0) is 22.1. The molecule has 0 unspecified atom stereocenters. The quantitative estimate of drug-likeness (QED) is 0.448. The second-order valence-corrected chi connectivity index (χ2v) is 7.40. The van der Waals surface area contributed by atoms with Crippen LogP contribution in [0.4, 0.5) is 10.1 Å². The first kappa shape index (κ1) is 19.6. The maximum Gasteiger partial charge on any atom is 0.269 e. The molecule has 8 heteroatoms. The molecule has 2 aromatic heterocycles. The van der Waals surface area contributed by atoms with Crippen molar-refractivity contribution in [3.8, 4) is 0 Å². The summed E-state index contributed by atoms with van der Waals surface area (Å²) < 4.78 is 15.3. The van der Waals surface area contributed by atoms with E-state index >= 15 is 0 Å². The molecule has 0 fully saturated rings. The molecule has 5 aromatic rings. The molecule has 0 radical (unpaired) electrons. The normalized spacial score (nSPS) is 11.2. The third-order valence-corrected chi connectivity index (χ3v) is 5.18. The summed E-state index contributed by atoms with van der Waals surface area (Å²) in [6, 6.07) is 19.0. The lowest BCUT2D eigenvalue weighted by Crippen LogP contribution is -2.27. The summed E-state index contributed by atoms with van der Waals surface area (Å²) in [5.74, 6) is 0.0112. The Hall–Kier alpha value is -4.33. The lowest BCUT2D eigenvalue weighted by atomic mass is 10.1. The Kier molecular flexibility index (Phi) is 4.95. The van der Waals surface area contributed by atoms with Gasteiger partial charge in [0.25, 0.3) is 5.56 Å². The largest absolute Gasteiger partial charge is 0.342 e. The number of nitrogens with one attached hydrogen (secondary N) is 2. The van der Waals surface area contributed by atoms with Crippen LogP contribution in [0.1, 0.15) is 11.4 Å². The van der Waals surface area contributed by atoms with Crippen LogP contribution in [0.25, 0.3) is 22.1 Å². The minimum Gasteiger partial charge on any atom is -0.342 e. The number of nitrogens with zero attached hydrogens (tertiary/aromatic N) is 3. The number of hydrogen-bond acceptors (Lipinski definition) is 4. The van der Waals surface area contributed by atoms with Crippen molar-refractivity contribution >= 4 is 33.7 Å². The van der Waals surface area contributed by atoms with Crippen LogP contribution in [0.3, 0.4) is 0 Å². The van der Waals surface area contributed by atoms with Crippen molar-refractivity contribution in [3.63, 3.8) is 0 Å². The van der Waals surface area contributed by atoms with E-state index in [0.717, 1.165) is 5.52 Å². The highest BCUT2D eigenvalue weighted by Crippen LogP contribution is 2.20. The zero-order valence-electron chi connectivity index (χ0n) is 16.9. The molecule has 158 valence electrons. The summed E-state index contributed by atoms with van der Waals surface area (Å²) in [5, 5.41) is 2.82. The molecule has 0 atom stereocenters. The van der Waals surface area contributed by atoms with Crippen LogP contribution in [0, 0.1) is 5.82 Å². The third-order valence-electron chi connectivity index (χ3n) is 5.18. The number of fused-ring (bicyclic) bond motifs is 2. The lowest BCUT2D eigenvalue weighted by Gasteiger charge is -2.10. The number of imidazole rings is 1. The summed E-state index contributed by atoms with van der Waals surface area (Å²) in [7, 11) is 0. The molecule has 5 rings (SSSR count). The smallest absolute Gasteiger partial charge is 0.269 e. The average Bonchev–Trinajstić information content (AvgIpc) is 3.19. The van der Waals surface area contributed by atoms with Gasteiger partial charge >= 0.3 is 0 Å². The molecule has 2 heterocycles. The third kappa shape index (κ3) is 3.85. The lowest BCUT2D eigenvalue weighted by molar-refractivity contribution is -0.116. The summed E-state index contributed by atoms with van der Waals surface area (Å²) in [4.78, 5) is 36.7. The van der Waals surface area contributed by atoms with Crippen molar-refractivity contribution < 1.29 is 9.18 Å². The first-order valence-corrected chi connectivity index (χ1v) is 10.0. The number of para-hydroxylation sites is 2. The van der Waals surface area contributed by atoms with Crippen LogP contribution in [0.5, 0.6) is 0 Å². The maximum atomic E-state index is 13.9. The number of carbonyl (C=O) groups excluding carboxylic acids is 1. The standard InChI is InChI=1S/C24H18FN5O2/c25-17-6-2-1-5-15(17)11-22-28-18-10-9-16(12-20(18)29-22)27-23(31)14-30-21-8-4-3-7-19(21)26-13-24(30)32/h1-10,12-13H,11,14H2,(H,27,31)(H,28,29). The van der Waals surface area contributed by atoms with E-state index in [4.69, 9.17) is 0 Å². The Morgan fingerprint density at radius 3 is 2.72 bits per heavy atom. The van der Waals surface area contributed by atoms with Crippen molar-refractivity contribution in [2.24, 2.45) is 0 Å². The van der Waals surface area contributed by atoms with Gasteiger partial charge in [-0.15, -0.1) is 0 Å². The van der Waals surface area contributed by atoms with E-state index in [0.29, 0.717) is 40.0 Å². The van der Waals surface area contributed by atoms with Gasteiger partial charge in [-0.05, 0) is 42.0 Å². The highest BCUT2D eigenvalue weighted by Gasteiger charge is 2.11. The van der Waals surface area contributed by atoms with Gasteiger partial charge in [-0.25, -0.2) is 14.4 Å². The Balaban J connectivity index is 1.36. The summed E-state index contributed by atoms with van der Waals surface area (Å²) in [6.45, 7) is -0.137. The van der Waals surface area contributed by atoms with Crippen molar-refractivity contribution in [2.45, 2.75) is 13.0 Å². The second-order valence-electron chi connectivity index (χ2n) is 7.40. The van der Waals surface area contributed by atoms with Crippen LogP contribution < -0.4 is 10.9 Å². The van der Waals surface area contributed by atoms with Crippen molar-refractivity contribution in [1.82, 2.24) is 19.5 Å². The minimum absolute atomic E-state index is 0.137. The van der Waals surface area contributed by atoms with Gasteiger partial charge in [0.2, 0.25) is 5.91 Å². The number of H-pyrrole nitrogens is 1. The fourth-order valence-electron chi connectivity index (χ4n) is 3.67. The summed E-state index contributed by atoms with van der Waals surface area (Å²) in [5.41, 5.74) is 3.44. The van der Waals surface area contributed by atoms with E-state index in [1.165, 1.54) is 16.8 Å². The Bertz CT molecular complexity index is 1520. The predicted molar refractivity (Wildman–Crippen MR) is 120 cm³/mol. The number of carbonyl (C=O) groups is 1. The van der Waals surface area contributed by atoms with E-state index < -0.39 is 0 Å². The van der Waals surface area contributed by atoms with Gasteiger partial charge in [0.15, 0.2) is 0 Å². The number of hydrogen-bond donors (Lipinski definition) is 2. The molecular weight excluding hydrogens is 409 g/mol. The van der Waals surface area contributed by atoms with Crippen LogP contribution in [0.15, 0.2) is 77.7 Å². The molecule has 2 N–H and O–H groups in total. The van der Waals surface area contributed by atoms with Crippen molar-refractivity contribution in [1.29, 1.82) is 0 Å². The molecular formula is C24H18FN5O2. The summed E-state index contributed by atoms with van der Waals surface area (Å²) >= 11 is 0. The highest BCUT2D eigenvalue weighted by molar-refractivity contribution is 5.93.